The first-order chi connectivity index (χ1) is 13.7. The van der Waals surface area contributed by atoms with E-state index in [2.05, 4.69) is 10.3 Å². The molecule has 1 heterocycles. The summed E-state index contributed by atoms with van der Waals surface area (Å²) in [6, 6.07) is 13.1. The summed E-state index contributed by atoms with van der Waals surface area (Å²) < 4.78 is 5.24. The van der Waals surface area contributed by atoms with Gasteiger partial charge in [-0.05, 0) is 67.8 Å². The van der Waals surface area contributed by atoms with E-state index >= 15 is 0 Å². The Morgan fingerprint density at radius 2 is 1.96 bits per heavy atom. The zero-order valence-corrected chi connectivity index (χ0v) is 16.5. The van der Waals surface area contributed by atoms with E-state index in [-0.39, 0.29) is 12.5 Å². The number of hydrogen-bond acceptors (Lipinski definition) is 4. The number of carbonyl (C=O) groups is 2. The highest BCUT2D eigenvalue weighted by Crippen LogP contribution is 2.30. The second kappa shape index (κ2) is 8.10. The molecule has 3 aromatic rings. The highest BCUT2D eigenvalue weighted by atomic mass is 32.2. The maximum Gasteiger partial charge on any atom is 0.338 e. The van der Waals surface area contributed by atoms with E-state index in [9.17, 15) is 9.59 Å². The number of esters is 1. The summed E-state index contributed by atoms with van der Waals surface area (Å²) in [6.07, 6.45) is 6.41. The van der Waals surface area contributed by atoms with Gasteiger partial charge in [-0.15, -0.1) is 11.8 Å². The molecule has 1 aliphatic carbocycles. The van der Waals surface area contributed by atoms with Crippen LogP contribution in [0.15, 0.2) is 47.4 Å². The number of thioether (sulfide) groups is 1. The highest BCUT2D eigenvalue weighted by Gasteiger charge is 2.18. The van der Waals surface area contributed by atoms with Crippen molar-refractivity contribution in [3.8, 4) is 0 Å². The minimum atomic E-state index is -0.485. The van der Waals surface area contributed by atoms with Gasteiger partial charge in [0.05, 0.1) is 11.3 Å². The molecule has 1 aromatic heterocycles. The van der Waals surface area contributed by atoms with E-state index in [1.165, 1.54) is 24.1 Å². The molecule has 0 fully saturated rings. The molecular formula is C22H22N2O3S. The molecule has 0 atom stereocenters. The average Bonchev–Trinajstić information content (AvgIpc) is 3.10. The van der Waals surface area contributed by atoms with Gasteiger partial charge in [0.2, 0.25) is 0 Å². The first-order valence-corrected chi connectivity index (χ1v) is 10.6. The Kier molecular flexibility index (Phi) is 5.39. The third kappa shape index (κ3) is 3.78. The van der Waals surface area contributed by atoms with E-state index in [4.69, 9.17) is 4.74 Å². The van der Waals surface area contributed by atoms with Crippen LogP contribution in [-0.4, -0.2) is 29.7 Å². The molecule has 1 aliphatic rings. The number of aromatic nitrogens is 1. The molecule has 144 valence electrons. The summed E-state index contributed by atoms with van der Waals surface area (Å²) in [7, 11) is 0. The predicted octanol–water partition coefficient (Wildman–Crippen LogP) is 4.56. The van der Waals surface area contributed by atoms with Crippen molar-refractivity contribution in [2.75, 3.05) is 18.2 Å². The highest BCUT2D eigenvalue weighted by molar-refractivity contribution is 7.98. The molecule has 5 nitrogen and oxygen atoms in total. The van der Waals surface area contributed by atoms with E-state index in [1.807, 2.05) is 42.7 Å². The number of ether oxygens (including phenoxy) is 1. The zero-order chi connectivity index (χ0) is 19.5. The molecule has 6 heteroatoms. The normalized spacial score (nSPS) is 13.2. The van der Waals surface area contributed by atoms with Crippen LogP contribution >= 0.6 is 11.8 Å². The lowest BCUT2D eigenvalue weighted by atomic mass is 9.95. The Balaban J connectivity index is 1.43. The van der Waals surface area contributed by atoms with Gasteiger partial charge in [0.1, 0.15) is 0 Å². The van der Waals surface area contributed by atoms with Gasteiger partial charge in [-0.3, -0.25) is 4.79 Å². The maximum atomic E-state index is 12.4. The van der Waals surface area contributed by atoms with Crippen LogP contribution in [0.1, 0.15) is 34.5 Å². The molecule has 0 radical (unpaired) electrons. The fraction of sp³-hybridized carbons (Fsp3) is 0.273. The number of H-pyrrole nitrogens is 1. The number of amides is 1. The van der Waals surface area contributed by atoms with Crippen LogP contribution < -0.4 is 5.32 Å². The molecular weight excluding hydrogens is 372 g/mol. The van der Waals surface area contributed by atoms with Crippen molar-refractivity contribution < 1.29 is 14.3 Å². The van der Waals surface area contributed by atoms with E-state index in [0.29, 0.717) is 5.56 Å². The number of aromatic amines is 1. The number of aryl methyl sites for hydroxylation is 2. The third-order valence-electron chi connectivity index (χ3n) is 5.05. The van der Waals surface area contributed by atoms with Crippen molar-refractivity contribution in [3.63, 3.8) is 0 Å². The summed E-state index contributed by atoms with van der Waals surface area (Å²) >= 11 is 1.55. The van der Waals surface area contributed by atoms with E-state index < -0.39 is 5.97 Å². The van der Waals surface area contributed by atoms with Gasteiger partial charge < -0.3 is 15.0 Å². The number of hydrogen-bond donors (Lipinski definition) is 2. The van der Waals surface area contributed by atoms with Gasteiger partial charge in [0.25, 0.3) is 5.91 Å². The molecule has 0 spiro atoms. The van der Waals surface area contributed by atoms with Gasteiger partial charge in [0, 0.05) is 21.5 Å². The van der Waals surface area contributed by atoms with Crippen molar-refractivity contribution in [2.45, 2.75) is 30.6 Å². The summed E-state index contributed by atoms with van der Waals surface area (Å²) in [6.45, 7) is -0.315. The van der Waals surface area contributed by atoms with Gasteiger partial charge in [-0.25, -0.2) is 4.79 Å². The van der Waals surface area contributed by atoms with Crippen molar-refractivity contribution in [1.29, 1.82) is 0 Å². The lowest BCUT2D eigenvalue weighted by Crippen LogP contribution is -2.21. The van der Waals surface area contributed by atoms with Gasteiger partial charge >= 0.3 is 5.97 Å². The summed E-state index contributed by atoms with van der Waals surface area (Å²) in [5.74, 6) is -0.837. The SMILES string of the molecule is CSc1ccccc1NC(=O)COC(=O)c1ccc2[nH]c3c(c2c1)CCCC3. The lowest BCUT2D eigenvalue weighted by Gasteiger charge is -2.11. The van der Waals surface area contributed by atoms with Gasteiger partial charge in [-0.2, -0.15) is 0 Å². The average molecular weight is 394 g/mol. The molecule has 1 amide bonds. The van der Waals surface area contributed by atoms with Crippen molar-refractivity contribution >= 4 is 40.2 Å². The zero-order valence-electron chi connectivity index (χ0n) is 15.7. The molecule has 0 saturated heterocycles. The smallest absolute Gasteiger partial charge is 0.338 e. The Morgan fingerprint density at radius 3 is 2.82 bits per heavy atom. The third-order valence-corrected chi connectivity index (χ3v) is 5.85. The Labute approximate surface area is 167 Å². The summed E-state index contributed by atoms with van der Waals surface area (Å²) in [4.78, 5) is 29.0. The van der Waals surface area contributed by atoms with Crippen molar-refractivity contribution in [2.24, 2.45) is 0 Å². The van der Waals surface area contributed by atoms with Crippen LogP contribution in [0.25, 0.3) is 10.9 Å². The van der Waals surface area contributed by atoms with Crippen LogP contribution in [0, 0.1) is 0 Å². The fourth-order valence-corrected chi connectivity index (χ4v) is 4.24. The number of nitrogens with one attached hydrogen (secondary N) is 2. The standard InChI is InChI=1S/C22H22N2O3S/c1-28-20-9-5-4-8-19(20)24-21(25)13-27-22(26)14-10-11-18-16(12-14)15-6-2-3-7-17(15)23-18/h4-5,8-12,23H,2-3,6-7,13H2,1H3,(H,24,25). The molecule has 0 unspecified atom stereocenters. The van der Waals surface area contributed by atoms with Crippen LogP contribution in [-0.2, 0) is 22.4 Å². The molecule has 4 rings (SSSR count). The number of benzene rings is 2. The largest absolute Gasteiger partial charge is 0.452 e. The molecule has 2 aromatic carbocycles. The van der Waals surface area contributed by atoms with Crippen molar-refractivity contribution in [3.05, 3.63) is 59.3 Å². The van der Waals surface area contributed by atoms with E-state index in [0.717, 1.165) is 34.3 Å². The maximum absolute atomic E-state index is 12.4. The Morgan fingerprint density at radius 1 is 1.14 bits per heavy atom. The fourth-order valence-electron chi connectivity index (χ4n) is 3.68. The summed E-state index contributed by atoms with van der Waals surface area (Å²) in [5, 5.41) is 3.88. The number of carbonyl (C=O) groups excluding carboxylic acids is 2. The summed E-state index contributed by atoms with van der Waals surface area (Å²) in [5.41, 5.74) is 4.82. The lowest BCUT2D eigenvalue weighted by molar-refractivity contribution is -0.119. The predicted molar refractivity (Wildman–Crippen MR) is 112 cm³/mol. The molecule has 0 bridgehead atoms. The molecule has 2 N–H and O–H groups in total. The molecule has 0 aliphatic heterocycles. The monoisotopic (exact) mass is 394 g/mol. The van der Waals surface area contributed by atoms with Crippen LogP contribution in [0.4, 0.5) is 5.69 Å². The van der Waals surface area contributed by atoms with Gasteiger partial charge in [0.15, 0.2) is 6.61 Å². The minimum Gasteiger partial charge on any atom is -0.452 e. The molecule has 28 heavy (non-hydrogen) atoms. The van der Waals surface area contributed by atoms with Crippen LogP contribution in [0.2, 0.25) is 0 Å². The quantitative estimate of drug-likeness (QED) is 0.491. The molecule has 0 saturated carbocycles. The number of anilines is 1. The van der Waals surface area contributed by atoms with Crippen LogP contribution in [0.3, 0.4) is 0 Å². The second-order valence-electron chi connectivity index (χ2n) is 6.87. The Hall–Kier alpha value is -2.73. The Bertz CT molecular complexity index is 1040. The minimum absolute atomic E-state index is 0.315. The van der Waals surface area contributed by atoms with E-state index in [1.54, 1.807) is 17.8 Å². The number of rotatable bonds is 5. The van der Waals surface area contributed by atoms with Crippen molar-refractivity contribution in [1.82, 2.24) is 4.98 Å². The van der Waals surface area contributed by atoms with Gasteiger partial charge in [-0.1, -0.05) is 12.1 Å². The number of fused-ring (bicyclic) bond motifs is 3. The first kappa shape index (κ1) is 18.6. The topological polar surface area (TPSA) is 71.2 Å². The first-order valence-electron chi connectivity index (χ1n) is 9.39. The second-order valence-corrected chi connectivity index (χ2v) is 7.72. The van der Waals surface area contributed by atoms with Crippen LogP contribution in [0.5, 0.6) is 0 Å². The number of para-hydroxylation sites is 1.